The number of H-pyrrole nitrogens is 1. The van der Waals surface area contributed by atoms with Crippen LogP contribution in [0.15, 0.2) is 60.9 Å². The predicted molar refractivity (Wildman–Crippen MR) is 128 cm³/mol. The fourth-order valence-corrected chi connectivity index (χ4v) is 4.68. The summed E-state index contributed by atoms with van der Waals surface area (Å²) in [5.74, 6) is 0.0215. The number of thiazole rings is 1. The van der Waals surface area contributed by atoms with Gasteiger partial charge in [0, 0.05) is 45.4 Å². The molecule has 3 aromatic heterocycles. The number of nitrogens with zero attached hydrogens (tertiary/aromatic N) is 3. The van der Waals surface area contributed by atoms with E-state index in [1.807, 2.05) is 41.8 Å². The van der Waals surface area contributed by atoms with Crippen molar-refractivity contribution in [3.63, 3.8) is 0 Å². The van der Waals surface area contributed by atoms with E-state index >= 15 is 0 Å². The van der Waals surface area contributed by atoms with E-state index in [1.54, 1.807) is 24.4 Å². The summed E-state index contributed by atoms with van der Waals surface area (Å²) in [4.78, 5) is 33.6. The maximum atomic E-state index is 13.0. The predicted octanol–water partition coefficient (Wildman–Crippen LogP) is 5.67. The van der Waals surface area contributed by atoms with Gasteiger partial charge in [-0.3, -0.25) is 19.3 Å². The van der Waals surface area contributed by atoms with Crippen LogP contribution in [0.4, 0.5) is 5.69 Å². The molecule has 9 heteroatoms. The van der Waals surface area contributed by atoms with Crippen molar-refractivity contribution in [1.82, 2.24) is 14.4 Å². The number of imidazole rings is 1. The molecule has 0 fully saturated rings. The van der Waals surface area contributed by atoms with Crippen LogP contribution >= 0.6 is 11.3 Å². The fourth-order valence-electron chi connectivity index (χ4n) is 3.84. The molecule has 5 rings (SSSR count). The lowest BCUT2D eigenvalue weighted by Gasteiger charge is -2.05. The molecule has 0 aliphatic carbocycles. The van der Waals surface area contributed by atoms with Crippen LogP contribution in [0.2, 0.25) is 0 Å². The van der Waals surface area contributed by atoms with Gasteiger partial charge in [-0.1, -0.05) is 18.2 Å². The van der Waals surface area contributed by atoms with Gasteiger partial charge in [-0.25, -0.2) is 4.98 Å². The maximum absolute atomic E-state index is 13.0. The van der Waals surface area contributed by atoms with E-state index in [0.29, 0.717) is 22.5 Å². The lowest BCUT2D eigenvalue weighted by Crippen LogP contribution is -1.95. The Balaban J connectivity index is 1.61. The van der Waals surface area contributed by atoms with Crippen LogP contribution in [0.25, 0.3) is 33.2 Å². The lowest BCUT2D eigenvalue weighted by atomic mass is 10.1. The number of nitro benzene ring substituents is 1. The molecule has 1 N–H and O–H groups in total. The van der Waals surface area contributed by atoms with Crippen molar-refractivity contribution in [3.05, 3.63) is 87.2 Å². The number of carbonyl (C=O) groups is 1. The van der Waals surface area contributed by atoms with Crippen LogP contribution in [-0.4, -0.2) is 32.2 Å². The van der Waals surface area contributed by atoms with Gasteiger partial charge in [-0.05, 0) is 37.3 Å². The molecule has 0 aliphatic rings. The molecule has 0 saturated heterocycles. The second-order valence-electron chi connectivity index (χ2n) is 7.43. The summed E-state index contributed by atoms with van der Waals surface area (Å²) in [6.07, 6.45) is 6.85. The molecule has 2 aromatic carbocycles. The number of benzene rings is 2. The summed E-state index contributed by atoms with van der Waals surface area (Å²) in [6, 6.07) is 12.3. The third-order valence-electron chi connectivity index (χ3n) is 5.38. The van der Waals surface area contributed by atoms with Gasteiger partial charge in [0.2, 0.25) is 0 Å². The summed E-state index contributed by atoms with van der Waals surface area (Å²) >= 11 is 1.50. The number of nitrogens with one attached hydrogen (secondary N) is 1. The molecule has 0 unspecified atom stereocenters. The molecule has 0 saturated carbocycles. The maximum Gasteiger partial charge on any atom is 0.311 e. The molecular weight excluding hydrogens is 440 g/mol. The van der Waals surface area contributed by atoms with Crippen molar-refractivity contribution < 1.29 is 14.5 Å². The van der Waals surface area contributed by atoms with E-state index in [-0.39, 0.29) is 17.2 Å². The number of methoxy groups -OCH3 is 1. The van der Waals surface area contributed by atoms with Gasteiger partial charge in [-0.2, -0.15) is 0 Å². The van der Waals surface area contributed by atoms with Gasteiger partial charge in [0.25, 0.3) is 0 Å². The molecule has 0 amide bonds. The van der Waals surface area contributed by atoms with E-state index in [9.17, 15) is 14.9 Å². The van der Waals surface area contributed by atoms with E-state index in [1.165, 1.54) is 30.6 Å². The Morgan fingerprint density at radius 3 is 2.88 bits per heavy atom. The zero-order valence-corrected chi connectivity index (χ0v) is 18.6. The normalized spacial score (nSPS) is 11.6. The van der Waals surface area contributed by atoms with Gasteiger partial charge >= 0.3 is 5.69 Å². The molecular formula is C24H18N4O4S. The second-order valence-corrected chi connectivity index (χ2v) is 8.64. The highest BCUT2D eigenvalue weighted by Gasteiger charge is 2.20. The molecule has 5 aromatic rings. The zero-order valence-electron chi connectivity index (χ0n) is 17.7. The first-order chi connectivity index (χ1) is 16.0. The van der Waals surface area contributed by atoms with Crippen molar-refractivity contribution >= 4 is 44.7 Å². The van der Waals surface area contributed by atoms with Crippen LogP contribution < -0.4 is 4.74 Å². The molecule has 33 heavy (non-hydrogen) atoms. The van der Waals surface area contributed by atoms with Crippen molar-refractivity contribution in [1.29, 1.82) is 0 Å². The van der Waals surface area contributed by atoms with Gasteiger partial charge in [-0.15, -0.1) is 11.3 Å². The summed E-state index contributed by atoms with van der Waals surface area (Å²) in [7, 11) is 1.39. The molecule has 164 valence electrons. The first-order valence-electron chi connectivity index (χ1n) is 10.1. The average Bonchev–Trinajstić information content (AvgIpc) is 3.49. The van der Waals surface area contributed by atoms with E-state index in [0.717, 1.165) is 20.7 Å². The van der Waals surface area contributed by atoms with Gasteiger partial charge in [0.1, 0.15) is 0 Å². The quantitative estimate of drug-likeness (QED) is 0.153. The number of allylic oxidation sites excluding steroid dienone is 1. The number of fused-ring (bicyclic) bond motifs is 2. The highest BCUT2D eigenvalue weighted by Crippen LogP contribution is 2.35. The second kappa shape index (κ2) is 8.03. The van der Waals surface area contributed by atoms with Gasteiger partial charge in [0.05, 0.1) is 23.4 Å². The number of aryl methyl sites for hydroxylation is 1. The smallest absolute Gasteiger partial charge is 0.311 e. The highest BCUT2D eigenvalue weighted by atomic mass is 32.1. The van der Waals surface area contributed by atoms with Crippen LogP contribution in [-0.2, 0) is 0 Å². The Hall–Kier alpha value is -4.24. The number of aromatic amines is 1. The number of hydrogen-bond donors (Lipinski definition) is 1. The van der Waals surface area contributed by atoms with Gasteiger partial charge in [0.15, 0.2) is 16.5 Å². The lowest BCUT2D eigenvalue weighted by molar-refractivity contribution is -0.385. The first kappa shape index (κ1) is 20.7. The number of rotatable bonds is 6. The topological polar surface area (TPSA) is 103 Å². The van der Waals surface area contributed by atoms with Crippen LogP contribution in [0.1, 0.15) is 20.9 Å². The Bertz CT molecular complexity index is 1570. The van der Waals surface area contributed by atoms with E-state index in [4.69, 9.17) is 9.72 Å². The minimum absolute atomic E-state index is 0.146. The molecule has 3 heterocycles. The molecule has 0 aliphatic heterocycles. The Kier molecular flexibility index (Phi) is 5.02. The minimum atomic E-state index is -0.485. The summed E-state index contributed by atoms with van der Waals surface area (Å²) in [5.41, 5.74) is 3.10. The standard InChI is InChI=1S/C24H18N4O4S/c1-14-13-27-19(8-9-21(29)17-12-25-18-6-4-3-5-16(17)18)23(26-24(27)33-14)15-7-10-22(32-2)20(11-15)28(30)31/h3-13,25H,1-2H3/b9-8+. The van der Waals surface area contributed by atoms with Crippen LogP contribution in [0.3, 0.4) is 0 Å². The highest BCUT2D eigenvalue weighted by molar-refractivity contribution is 7.17. The Labute approximate surface area is 191 Å². The molecule has 0 bridgehead atoms. The zero-order chi connectivity index (χ0) is 23.1. The van der Waals surface area contributed by atoms with E-state index in [2.05, 4.69) is 4.98 Å². The monoisotopic (exact) mass is 458 g/mol. The number of hydrogen-bond acceptors (Lipinski definition) is 6. The molecule has 0 atom stereocenters. The third kappa shape index (κ3) is 3.58. The number of ether oxygens (including phenoxy) is 1. The summed E-state index contributed by atoms with van der Waals surface area (Å²) in [5, 5.41) is 12.4. The molecule has 0 spiro atoms. The van der Waals surface area contributed by atoms with Crippen molar-refractivity contribution in [2.45, 2.75) is 6.92 Å². The van der Waals surface area contributed by atoms with Crippen LogP contribution in [0, 0.1) is 17.0 Å². The van der Waals surface area contributed by atoms with Crippen LogP contribution in [0.5, 0.6) is 5.75 Å². The minimum Gasteiger partial charge on any atom is -0.490 e. The average molecular weight is 458 g/mol. The molecule has 0 radical (unpaired) electrons. The van der Waals surface area contributed by atoms with Crippen molar-refractivity contribution in [2.75, 3.05) is 7.11 Å². The Morgan fingerprint density at radius 2 is 2.09 bits per heavy atom. The summed E-state index contributed by atoms with van der Waals surface area (Å²) < 4.78 is 7.01. The number of carbonyl (C=O) groups excluding carboxylic acids is 1. The summed E-state index contributed by atoms with van der Waals surface area (Å²) in [6.45, 7) is 1.97. The number of para-hydroxylation sites is 1. The van der Waals surface area contributed by atoms with E-state index < -0.39 is 4.92 Å². The SMILES string of the molecule is COc1ccc(-c2nc3sc(C)cn3c2/C=C/C(=O)c2c[nH]c3ccccc23)cc1[N+](=O)[O-]. The number of aromatic nitrogens is 3. The van der Waals surface area contributed by atoms with Gasteiger partial charge < -0.3 is 9.72 Å². The third-order valence-corrected chi connectivity index (χ3v) is 6.27. The largest absolute Gasteiger partial charge is 0.490 e. The Morgan fingerprint density at radius 1 is 1.27 bits per heavy atom. The van der Waals surface area contributed by atoms with Crippen molar-refractivity contribution in [2.24, 2.45) is 0 Å². The number of nitro groups is 1. The fraction of sp³-hybridized carbons (Fsp3) is 0.0833. The first-order valence-corrected chi connectivity index (χ1v) is 10.9. The molecule has 8 nitrogen and oxygen atoms in total. The number of ketones is 1. The van der Waals surface area contributed by atoms with Crippen molar-refractivity contribution in [3.8, 4) is 17.0 Å².